The second-order valence-corrected chi connectivity index (χ2v) is 4.33. The van der Waals surface area contributed by atoms with E-state index in [4.69, 9.17) is 10.5 Å². The summed E-state index contributed by atoms with van der Waals surface area (Å²) in [4.78, 5) is 0.955. The molecule has 0 saturated carbocycles. The Labute approximate surface area is 104 Å². The van der Waals surface area contributed by atoms with Gasteiger partial charge in [-0.15, -0.1) is 11.3 Å². The van der Waals surface area contributed by atoms with Crippen molar-refractivity contribution in [3.63, 3.8) is 0 Å². The van der Waals surface area contributed by atoms with Crippen LogP contribution in [0.5, 0.6) is 0 Å². The summed E-state index contributed by atoms with van der Waals surface area (Å²) in [7, 11) is 0. The van der Waals surface area contributed by atoms with E-state index in [1.165, 1.54) is 11.3 Å². The number of benzene rings is 1. The predicted octanol–water partition coefficient (Wildman–Crippen LogP) is 3.68. The molecule has 2 nitrogen and oxygen atoms in total. The standard InChI is InChI=1S/C14H8N2S/c15-9-12-5-3-11(4-6-12)8-13(10-16)14-2-1-7-17-14/h1-8H/b13-8+. The molecule has 0 radical (unpaired) electrons. The van der Waals surface area contributed by atoms with Crippen LogP contribution in [0.3, 0.4) is 0 Å². The number of hydrogen-bond donors (Lipinski definition) is 0. The Bertz CT molecular complexity index is 608. The molecule has 0 saturated heterocycles. The number of rotatable bonds is 2. The van der Waals surface area contributed by atoms with Crippen molar-refractivity contribution < 1.29 is 0 Å². The van der Waals surface area contributed by atoms with Gasteiger partial charge in [0.25, 0.3) is 0 Å². The highest BCUT2D eigenvalue weighted by molar-refractivity contribution is 7.11. The quantitative estimate of drug-likeness (QED) is 0.747. The van der Waals surface area contributed by atoms with Crippen LogP contribution in [0.1, 0.15) is 16.0 Å². The Balaban J connectivity index is 2.35. The lowest BCUT2D eigenvalue weighted by Gasteiger charge is -1.96. The zero-order valence-electron chi connectivity index (χ0n) is 8.92. The lowest BCUT2D eigenvalue weighted by Crippen LogP contribution is -1.78. The van der Waals surface area contributed by atoms with Crippen molar-refractivity contribution >= 4 is 23.0 Å². The third-order valence-corrected chi connectivity index (χ3v) is 3.16. The van der Waals surface area contributed by atoms with E-state index in [0.29, 0.717) is 11.1 Å². The van der Waals surface area contributed by atoms with E-state index >= 15 is 0 Å². The first kappa shape index (κ1) is 11.1. The van der Waals surface area contributed by atoms with Crippen molar-refractivity contribution in [2.75, 3.05) is 0 Å². The molecule has 0 aliphatic rings. The molecule has 0 unspecified atom stereocenters. The molecule has 0 atom stereocenters. The van der Waals surface area contributed by atoms with Gasteiger partial charge in [0.2, 0.25) is 0 Å². The van der Waals surface area contributed by atoms with Crippen molar-refractivity contribution in [1.29, 1.82) is 10.5 Å². The number of allylic oxidation sites excluding steroid dienone is 1. The molecule has 0 aliphatic carbocycles. The average Bonchev–Trinajstić information content (AvgIpc) is 2.90. The summed E-state index contributed by atoms with van der Waals surface area (Å²) in [5.41, 5.74) is 2.19. The fourth-order valence-corrected chi connectivity index (χ4v) is 2.10. The molecule has 0 bridgehead atoms. The van der Waals surface area contributed by atoms with Crippen molar-refractivity contribution in [2.24, 2.45) is 0 Å². The minimum Gasteiger partial charge on any atom is -0.192 e. The molecular weight excluding hydrogens is 228 g/mol. The molecule has 0 fully saturated rings. The predicted molar refractivity (Wildman–Crippen MR) is 69.0 cm³/mol. The number of thiophene rings is 1. The van der Waals surface area contributed by atoms with Gasteiger partial charge in [-0.3, -0.25) is 0 Å². The van der Waals surface area contributed by atoms with Gasteiger partial charge in [-0.25, -0.2) is 0 Å². The van der Waals surface area contributed by atoms with Crippen molar-refractivity contribution in [3.8, 4) is 12.1 Å². The SMILES string of the molecule is N#C/C(=C\c1ccc(C#N)cc1)c1cccs1. The lowest BCUT2D eigenvalue weighted by molar-refractivity contribution is 1.48. The lowest BCUT2D eigenvalue weighted by atomic mass is 10.1. The smallest absolute Gasteiger partial charge is 0.101 e. The fourth-order valence-electron chi connectivity index (χ4n) is 1.41. The van der Waals surface area contributed by atoms with Crippen LogP contribution < -0.4 is 0 Å². The highest BCUT2D eigenvalue weighted by Gasteiger charge is 2.01. The van der Waals surface area contributed by atoms with Crippen LogP contribution in [0, 0.1) is 22.7 Å². The topological polar surface area (TPSA) is 47.6 Å². The maximum absolute atomic E-state index is 9.10. The van der Waals surface area contributed by atoms with Crippen LogP contribution in [-0.2, 0) is 0 Å². The van der Waals surface area contributed by atoms with E-state index in [9.17, 15) is 0 Å². The largest absolute Gasteiger partial charge is 0.192 e. The monoisotopic (exact) mass is 236 g/mol. The third-order valence-electron chi connectivity index (χ3n) is 2.26. The van der Waals surface area contributed by atoms with Crippen LogP contribution >= 0.6 is 11.3 Å². The van der Waals surface area contributed by atoms with E-state index in [1.54, 1.807) is 12.1 Å². The molecular formula is C14H8N2S. The molecule has 0 spiro atoms. The minimum atomic E-state index is 0.622. The van der Waals surface area contributed by atoms with Gasteiger partial charge in [0, 0.05) is 4.88 Å². The zero-order chi connectivity index (χ0) is 12.1. The van der Waals surface area contributed by atoms with Crippen LogP contribution in [0.25, 0.3) is 11.6 Å². The molecule has 0 amide bonds. The Morgan fingerprint density at radius 1 is 1.12 bits per heavy atom. The summed E-state index contributed by atoms with van der Waals surface area (Å²) in [5, 5.41) is 19.7. The minimum absolute atomic E-state index is 0.622. The van der Waals surface area contributed by atoms with Gasteiger partial charge >= 0.3 is 0 Å². The molecule has 1 aromatic carbocycles. The first-order valence-electron chi connectivity index (χ1n) is 4.99. The van der Waals surface area contributed by atoms with E-state index in [2.05, 4.69) is 12.1 Å². The Morgan fingerprint density at radius 2 is 1.88 bits per heavy atom. The molecule has 1 heterocycles. The summed E-state index contributed by atoms with van der Waals surface area (Å²) in [6, 6.07) is 15.3. The summed E-state index contributed by atoms with van der Waals surface area (Å²) >= 11 is 1.54. The molecule has 2 aromatic rings. The first-order chi connectivity index (χ1) is 8.33. The van der Waals surface area contributed by atoms with E-state index in [1.807, 2.05) is 35.7 Å². The second-order valence-electron chi connectivity index (χ2n) is 3.38. The van der Waals surface area contributed by atoms with Gasteiger partial charge in [0.15, 0.2) is 0 Å². The van der Waals surface area contributed by atoms with Gasteiger partial charge in [-0.1, -0.05) is 18.2 Å². The normalized spacial score (nSPS) is 10.6. The van der Waals surface area contributed by atoms with Crippen molar-refractivity contribution in [3.05, 3.63) is 57.8 Å². The Morgan fingerprint density at radius 3 is 2.41 bits per heavy atom. The highest BCUT2D eigenvalue weighted by Crippen LogP contribution is 2.22. The molecule has 17 heavy (non-hydrogen) atoms. The first-order valence-corrected chi connectivity index (χ1v) is 5.87. The second kappa shape index (κ2) is 5.12. The highest BCUT2D eigenvalue weighted by atomic mass is 32.1. The van der Waals surface area contributed by atoms with Crippen LogP contribution in [0.15, 0.2) is 41.8 Å². The number of nitrogens with zero attached hydrogens (tertiary/aromatic N) is 2. The van der Waals surface area contributed by atoms with Gasteiger partial charge in [-0.05, 0) is 35.2 Å². The van der Waals surface area contributed by atoms with Crippen LogP contribution in [0.2, 0.25) is 0 Å². The number of hydrogen-bond acceptors (Lipinski definition) is 3. The summed E-state index contributed by atoms with van der Waals surface area (Å²) in [6.45, 7) is 0. The zero-order valence-corrected chi connectivity index (χ0v) is 9.74. The third kappa shape index (κ3) is 2.60. The molecule has 1 aromatic heterocycles. The summed E-state index contributed by atoms with van der Waals surface area (Å²) < 4.78 is 0. The molecule has 3 heteroatoms. The van der Waals surface area contributed by atoms with E-state index in [0.717, 1.165) is 10.4 Å². The molecule has 0 N–H and O–H groups in total. The molecule has 80 valence electrons. The summed E-state index contributed by atoms with van der Waals surface area (Å²) in [5.74, 6) is 0. The van der Waals surface area contributed by atoms with Crippen molar-refractivity contribution in [1.82, 2.24) is 0 Å². The average molecular weight is 236 g/mol. The van der Waals surface area contributed by atoms with Gasteiger partial charge in [-0.2, -0.15) is 10.5 Å². The maximum Gasteiger partial charge on any atom is 0.101 e. The van der Waals surface area contributed by atoms with E-state index in [-0.39, 0.29) is 0 Å². The maximum atomic E-state index is 9.10. The van der Waals surface area contributed by atoms with Crippen molar-refractivity contribution in [2.45, 2.75) is 0 Å². The van der Waals surface area contributed by atoms with Crippen LogP contribution in [0.4, 0.5) is 0 Å². The van der Waals surface area contributed by atoms with E-state index < -0.39 is 0 Å². The van der Waals surface area contributed by atoms with Gasteiger partial charge in [0.1, 0.15) is 6.07 Å². The van der Waals surface area contributed by atoms with Crippen LogP contribution in [-0.4, -0.2) is 0 Å². The molecule has 2 rings (SSSR count). The molecule has 0 aliphatic heterocycles. The Hall–Kier alpha value is -2.36. The van der Waals surface area contributed by atoms with Gasteiger partial charge in [0.05, 0.1) is 17.2 Å². The summed E-state index contributed by atoms with van der Waals surface area (Å²) in [6.07, 6.45) is 1.83. The fraction of sp³-hybridized carbons (Fsp3) is 0. The Kier molecular flexibility index (Phi) is 3.35. The van der Waals surface area contributed by atoms with Gasteiger partial charge < -0.3 is 0 Å². The number of nitriles is 2.